The molecule has 0 saturated heterocycles. The summed E-state index contributed by atoms with van der Waals surface area (Å²) < 4.78 is 37.3. The lowest BCUT2D eigenvalue weighted by atomic mass is 9.73. The Kier molecular flexibility index (Phi) is 8.51. The summed E-state index contributed by atoms with van der Waals surface area (Å²) in [6.45, 7) is 7.52. The molecule has 222 valence electrons. The second-order valence-corrected chi connectivity index (χ2v) is 11.4. The maximum Gasteiger partial charge on any atom is 0.229 e. The molecule has 3 heterocycles. The van der Waals surface area contributed by atoms with Gasteiger partial charge in [-0.1, -0.05) is 6.92 Å². The predicted molar refractivity (Wildman–Crippen MR) is 157 cm³/mol. The van der Waals surface area contributed by atoms with E-state index in [1.807, 2.05) is 19.9 Å². The minimum Gasteiger partial charge on any atom is -0.374 e. The summed E-state index contributed by atoms with van der Waals surface area (Å²) in [5.41, 5.74) is 9.35. The summed E-state index contributed by atoms with van der Waals surface area (Å²) in [5, 5.41) is 7.88. The zero-order chi connectivity index (χ0) is 30.1. The number of fused-ring (bicyclic) bond motifs is 1. The monoisotopic (exact) mass is 577 g/mol. The molecular formula is C31H37F2N7O2. The second kappa shape index (κ2) is 12.1. The lowest BCUT2D eigenvalue weighted by Gasteiger charge is -2.43. The Bertz CT molecular complexity index is 1560. The molecule has 4 aromatic rings. The van der Waals surface area contributed by atoms with Crippen molar-refractivity contribution >= 4 is 23.1 Å². The van der Waals surface area contributed by atoms with Crippen LogP contribution in [0, 0.1) is 17.6 Å². The topological polar surface area (TPSA) is 111 Å². The molecule has 42 heavy (non-hydrogen) atoms. The molecule has 3 aromatic heterocycles. The van der Waals surface area contributed by atoms with Crippen LogP contribution < -0.4 is 11.1 Å². The largest absolute Gasteiger partial charge is 0.374 e. The van der Waals surface area contributed by atoms with Crippen LogP contribution in [0.1, 0.15) is 57.6 Å². The number of aromatic nitrogens is 4. The number of pyridine rings is 1. The van der Waals surface area contributed by atoms with Crippen LogP contribution in [0.3, 0.4) is 0 Å². The highest BCUT2D eigenvalue weighted by molar-refractivity contribution is 5.73. The number of nitrogens with zero attached hydrogens (tertiary/aromatic N) is 5. The first-order valence-electron chi connectivity index (χ1n) is 14.2. The van der Waals surface area contributed by atoms with Crippen molar-refractivity contribution in [1.29, 1.82) is 0 Å². The number of carbonyl (C=O) groups is 1. The molecule has 1 saturated carbocycles. The highest BCUT2D eigenvalue weighted by atomic mass is 19.1. The molecule has 11 heteroatoms. The Morgan fingerprint density at radius 2 is 1.93 bits per heavy atom. The fourth-order valence-corrected chi connectivity index (χ4v) is 6.01. The molecule has 0 bridgehead atoms. The normalized spacial score (nSPS) is 20.7. The molecule has 1 fully saturated rings. The summed E-state index contributed by atoms with van der Waals surface area (Å²) in [5.74, 6) is -0.728. The number of amides is 1. The van der Waals surface area contributed by atoms with Gasteiger partial charge in [0.1, 0.15) is 11.6 Å². The molecule has 1 amide bonds. The first-order valence-corrected chi connectivity index (χ1v) is 14.2. The van der Waals surface area contributed by atoms with E-state index in [0.29, 0.717) is 23.4 Å². The van der Waals surface area contributed by atoms with E-state index >= 15 is 8.78 Å². The zero-order valence-corrected chi connectivity index (χ0v) is 24.5. The average Bonchev–Trinajstić information content (AvgIpc) is 3.33. The number of hydrogen-bond acceptors (Lipinski definition) is 7. The number of rotatable bonds is 8. The van der Waals surface area contributed by atoms with Gasteiger partial charge >= 0.3 is 0 Å². The first-order chi connectivity index (χ1) is 20.0. The van der Waals surface area contributed by atoms with Crippen molar-refractivity contribution in [3.8, 4) is 11.3 Å². The lowest BCUT2D eigenvalue weighted by molar-refractivity contribution is -0.131. The third kappa shape index (κ3) is 5.98. The van der Waals surface area contributed by atoms with E-state index in [4.69, 9.17) is 10.5 Å². The molecule has 0 spiro atoms. The molecule has 0 aliphatic heterocycles. The Morgan fingerprint density at radius 1 is 1.19 bits per heavy atom. The number of halogens is 2. The van der Waals surface area contributed by atoms with Crippen LogP contribution in [-0.2, 0) is 16.1 Å². The molecule has 1 aliphatic rings. The maximum atomic E-state index is 15.1. The summed E-state index contributed by atoms with van der Waals surface area (Å²) >= 11 is 0. The fourth-order valence-electron chi connectivity index (χ4n) is 6.01. The Morgan fingerprint density at radius 3 is 2.60 bits per heavy atom. The van der Waals surface area contributed by atoms with Gasteiger partial charge in [-0.15, -0.1) is 0 Å². The number of benzene rings is 1. The van der Waals surface area contributed by atoms with Crippen molar-refractivity contribution in [2.75, 3.05) is 12.4 Å². The number of nitrogens with two attached hydrogens (primary N) is 1. The summed E-state index contributed by atoms with van der Waals surface area (Å²) in [6.07, 6.45) is 6.58. The number of likely N-dealkylation sites (N-methyl/N-ethyl adjacent to an activating group) is 1. The van der Waals surface area contributed by atoms with Gasteiger partial charge in [0.05, 0.1) is 47.6 Å². The third-order valence-corrected chi connectivity index (χ3v) is 8.05. The van der Waals surface area contributed by atoms with Gasteiger partial charge in [-0.25, -0.2) is 13.8 Å². The van der Waals surface area contributed by atoms with E-state index < -0.39 is 11.6 Å². The van der Waals surface area contributed by atoms with E-state index in [0.717, 1.165) is 17.7 Å². The minimum absolute atomic E-state index is 0.000852. The maximum absolute atomic E-state index is 15.1. The van der Waals surface area contributed by atoms with Gasteiger partial charge in [0.25, 0.3) is 0 Å². The molecule has 3 N–H and O–H groups in total. The van der Waals surface area contributed by atoms with Gasteiger partial charge in [-0.2, -0.15) is 9.61 Å². The van der Waals surface area contributed by atoms with Crippen LogP contribution in [-0.4, -0.2) is 55.6 Å². The second-order valence-electron chi connectivity index (χ2n) is 11.4. The predicted octanol–water partition coefficient (Wildman–Crippen LogP) is 5.43. The smallest absolute Gasteiger partial charge is 0.229 e. The summed E-state index contributed by atoms with van der Waals surface area (Å²) in [6, 6.07) is 7.58. The van der Waals surface area contributed by atoms with Crippen LogP contribution >= 0.6 is 0 Å². The van der Waals surface area contributed by atoms with E-state index in [1.54, 1.807) is 49.6 Å². The van der Waals surface area contributed by atoms with Gasteiger partial charge < -0.3 is 20.7 Å². The summed E-state index contributed by atoms with van der Waals surface area (Å²) in [7, 11) is 1.81. The van der Waals surface area contributed by atoms with Gasteiger partial charge in [-0.05, 0) is 80.0 Å². The molecule has 1 aromatic carbocycles. The molecule has 4 atom stereocenters. The first kappa shape index (κ1) is 29.5. The Balaban J connectivity index is 1.43. The van der Waals surface area contributed by atoms with E-state index in [-0.39, 0.29) is 53.8 Å². The third-order valence-electron chi connectivity index (χ3n) is 8.05. The van der Waals surface area contributed by atoms with Gasteiger partial charge in [0.2, 0.25) is 11.9 Å². The highest BCUT2D eigenvalue weighted by Gasteiger charge is 2.38. The number of ether oxygens (including phenoxy) is 1. The average molecular weight is 578 g/mol. The number of nitrogens with one attached hydrogen (secondary N) is 1. The van der Waals surface area contributed by atoms with Crippen LogP contribution in [0.5, 0.6) is 0 Å². The molecule has 5 rings (SSSR count). The van der Waals surface area contributed by atoms with Crippen LogP contribution in [0.2, 0.25) is 0 Å². The van der Waals surface area contributed by atoms with Crippen molar-refractivity contribution in [1.82, 2.24) is 24.5 Å². The van der Waals surface area contributed by atoms with E-state index in [1.165, 1.54) is 16.6 Å². The van der Waals surface area contributed by atoms with Crippen LogP contribution in [0.4, 0.5) is 20.4 Å². The Labute approximate surface area is 244 Å². The van der Waals surface area contributed by atoms with E-state index in [2.05, 4.69) is 27.3 Å². The molecule has 1 aliphatic carbocycles. The molecule has 4 unspecified atom stereocenters. The quantitative estimate of drug-likeness (QED) is 0.288. The molecular weight excluding hydrogens is 540 g/mol. The number of hydrogen-bond donors (Lipinski definition) is 2. The van der Waals surface area contributed by atoms with Gasteiger partial charge in [0.15, 0.2) is 0 Å². The fraction of sp³-hybridized carbons (Fsp3) is 0.419. The number of anilines is 2. The van der Waals surface area contributed by atoms with Crippen molar-refractivity contribution < 1.29 is 18.3 Å². The van der Waals surface area contributed by atoms with E-state index in [9.17, 15) is 4.79 Å². The van der Waals surface area contributed by atoms with Crippen molar-refractivity contribution in [3.63, 3.8) is 0 Å². The standard InChI is InChI=1S/C31H37F2N7O2/c1-17(2)42-16-20-11-24(32)29(25(33)12-20)27-7-6-22-14-36-31(40(22)38-27)37-28-15-35-9-8-23(28)21-10-18(3)30(26(34)13-21)39(5)19(4)41/h6-9,11-12,14-15,17-18,21,26,30H,10,13,16,34H2,1-5H3,(H,36,37). The minimum atomic E-state index is -0.718. The lowest BCUT2D eigenvalue weighted by Crippen LogP contribution is -2.54. The summed E-state index contributed by atoms with van der Waals surface area (Å²) in [4.78, 5) is 22.6. The molecule has 9 nitrogen and oxygen atoms in total. The van der Waals surface area contributed by atoms with Crippen LogP contribution in [0.25, 0.3) is 16.8 Å². The van der Waals surface area contributed by atoms with Crippen LogP contribution in [0.15, 0.2) is 48.9 Å². The molecule has 0 radical (unpaired) electrons. The SMILES string of the molecule is CC(=O)N(C)C1C(C)CC(c2ccncc2Nc2ncc3ccc(-c4c(F)cc(COC(C)C)cc4F)nn23)CC1N. The Hall–Kier alpha value is -3.96. The van der Waals surface area contributed by atoms with Gasteiger partial charge in [-0.3, -0.25) is 9.78 Å². The zero-order valence-electron chi connectivity index (χ0n) is 24.5. The van der Waals surface area contributed by atoms with Crippen molar-refractivity contribution in [3.05, 3.63) is 71.7 Å². The number of imidazole rings is 1. The highest BCUT2D eigenvalue weighted by Crippen LogP contribution is 2.40. The van der Waals surface area contributed by atoms with Crippen molar-refractivity contribution in [2.45, 2.75) is 71.2 Å². The van der Waals surface area contributed by atoms with Gasteiger partial charge in [0, 0.05) is 32.3 Å². The number of carbonyl (C=O) groups excluding carboxylic acids is 1. The van der Waals surface area contributed by atoms with Crippen molar-refractivity contribution in [2.24, 2.45) is 11.7 Å².